The van der Waals surface area contributed by atoms with Gasteiger partial charge in [0.05, 0.1) is 22.6 Å². The Bertz CT molecular complexity index is 1840. The lowest BCUT2D eigenvalue weighted by molar-refractivity contribution is 0.0691. The summed E-state index contributed by atoms with van der Waals surface area (Å²) in [6.07, 6.45) is 2.90. The third-order valence-corrected chi connectivity index (χ3v) is 8.22. The maximum atomic E-state index is 15.0. The summed E-state index contributed by atoms with van der Waals surface area (Å²) in [6.45, 7) is 1.77. The number of hydrogen-bond acceptors (Lipinski definition) is 7. The fourth-order valence-corrected chi connectivity index (χ4v) is 5.93. The molecular formula is C29H23F2N4O5S2-. The Morgan fingerprint density at radius 1 is 1.19 bits per heavy atom. The van der Waals surface area contributed by atoms with Crippen LogP contribution in [0.2, 0.25) is 0 Å². The van der Waals surface area contributed by atoms with E-state index in [9.17, 15) is 27.4 Å². The molecule has 1 aliphatic rings. The summed E-state index contributed by atoms with van der Waals surface area (Å²) in [5.74, 6) is -0.981. The Labute approximate surface area is 245 Å². The molecule has 0 spiro atoms. The summed E-state index contributed by atoms with van der Waals surface area (Å²) in [5.41, 5.74) is 3.15. The van der Waals surface area contributed by atoms with Crippen molar-refractivity contribution < 1.29 is 31.9 Å². The zero-order valence-corrected chi connectivity index (χ0v) is 23.7. The molecule has 1 saturated carbocycles. The van der Waals surface area contributed by atoms with Crippen LogP contribution in [0.4, 0.5) is 14.5 Å². The van der Waals surface area contributed by atoms with Crippen molar-refractivity contribution in [2.75, 3.05) is 4.72 Å². The predicted octanol–water partition coefficient (Wildman–Crippen LogP) is 6.29. The molecule has 0 radical (unpaired) electrons. The first-order valence-corrected chi connectivity index (χ1v) is 14.9. The summed E-state index contributed by atoms with van der Waals surface area (Å²) in [6, 6.07) is 12.2. The van der Waals surface area contributed by atoms with Crippen molar-refractivity contribution in [3.05, 3.63) is 93.8 Å². The van der Waals surface area contributed by atoms with Crippen LogP contribution in [0.25, 0.3) is 27.7 Å². The number of carboxylic acid groups (broad SMARTS) is 1. The molecule has 0 saturated heterocycles. The highest BCUT2D eigenvalue weighted by Gasteiger charge is 2.30. The molecule has 5 aromatic rings. The molecule has 0 aliphatic heterocycles. The number of nitrogens with zero attached hydrogens (tertiary/aromatic N) is 3. The molecule has 1 aliphatic carbocycles. The highest BCUT2D eigenvalue weighted by Crippen LogP contribution is 2.39. The van der Waals surface area contributed by atoms with E-state index in [1.54, 1.807) is 41.9 Å². The van der Waals surface area contributed by atoms with Crippen LogP contribution in [-0.4, -0.2) is 34.6 Å². The molecule has 1 fully saturated rings. The molecule has 2 aromatic carbocycles. The molecule has 6 rings (SSSR count). The quantitative estimate of drug-likeness (QED) is 0.178. The van der Waals surface area contributed by atoms with Gasteiger partial charge in [0.25, 0.3) is 0 Å². The number of benzene rings is 2. The van der Waals surface area contributed by atoms with Crippen molar-refractivity contribution in [2.45, 2.75) is 32.6 Å². The van der Waals surface area contributed by atoms with E-state index in [4.69, 9.17) is 9.52 Å². The molecule has 0 amide bonds. The first-order chi connectivity index (χ1) is 20.2. The smallest absolute Gasteiger partial charge is 0.355 e. The van der Waals surface area contributed by atoms with Gasteiger partial charge < -0.3 is 18.8 Å². The molecule has 1 atom stereocenters. The molecular weight excluding hydrogens is 586 g/mol. The lowest BCUT2D eigenvalue weighted by Gasteiger charge is -2.12. The van der Waals surface area contributed by atoms with Crippen molar-refractivity contribution in [3.8, 4) is 27.7 Å². The van der Waals surface area contributed by atoms with Crippen molar-refractivity contribution in [2.24, 2.45) is 5.92 Å². The third kappa shape index (κ3) is 5.75. The van der Waals surface area contributed by atoms with Crippen molar-refractivity contribution in [1.82, 2.24) is 14.8 Å². The second-order valence-electron chi connectivity index (χ2n) is 10.1. The number of thiazole rings is 1. The summed E-state index contributed by atoms with van der Waals surface area (Å²) < 4.78 is 61.2. The lowest BCUT2D eigenvalue weighted by atomic mass is 9.95. The van der Waals surface area contributed by atoms with Crippen LogP contribution >= 0.6 is 11.3 Å². The zero-order valence-electron chi connectivity index (χ0n) is 22.1. The van der Waals surface area contributed by atoms with Gasteiger partial charge in [-0.3, -0.25) is 4.21 Å². The fraction of sp³-hybridized carbons (Fsp3) is 0.207. The minimum absolute atomic E-state index is 0.107. The Kier molecular flexibility index (Phi) is 7.47. The monoisotopic (exact) mass is 609 g/mol. The van der Waals surface area contributed by atoms with Gasteiger partial charge in [0.2, 0.25) is 5.13 Å². The second kappa shape index (κ2) is 11.2. The van der Waals surface area contributed by atoms with E-state index in [1.807, 2.05) is 4.72 Å². The standard InChI is InChI=1S/C29H24F2N4O5S2/c1-15-2-9-26(40-15)19-13-18(6-7-21(19)30)27-20(10-17-5-8-23(22(31)11-17)34-42(38)39)25(12-16-3-4-16)35(33-27)29-32-24(14-41-29)28(36)37/h2,5-9,11,13-14,16,34H,3-4,10,12H2,1H3,(H,36,37)(H,38,39)/p-1. The normalized spacial score (nSPS) is 13.8. The van der Waals surface area contributed by atoms with E-state index in [0.717, 1.165) is 35.4 Å². The fourth-order valence-electron chi connectivity index (χ4n) is 4.81. The molecule has 42 heavy (non-hydrogen) atoms. The maximum absolute atomic E-state index is 15.0. The third-order valence-electron chi connectivity index (χ3n) is 7.01. The summed E-state index contributed by atoms with van der Waals surface area (Å²) in [7, 11) is 0. The van der Waals surface area contributed by atoms with E-state index in [1.165, 1.54) is 23.6 Å². The average Bonchev–Trinajstić information content (AvgIpc) is 3.29. The van der Waals surface area contributed by atoms with Crippen molar-refractivity contribution >= 4 is 34.3 Å². The molecule has 2 N–H and O–H groups in total. The first-order valence-electron chi connectivity index (χ1n) is 13.0. The minimum atomic E-state index is -2.68. The number of aromatic nitrogens is 3. The molecule has 1 unspecified atom stereocenters. The molecule has 3 heterocycles. The Morgan fingerprint density at radius 3 is 2.64 bits per heavy atom. The largest absolute Gasteiger partial charge is 0.755 e. The Balaban J connectivity index is 1.52. The van der Waals surface area contributed by atoms with Gasteiger partial charge in [0, 0.05) is 34.2 Å². The maximum Gasteiger partial charge on any atom is 0.355 e. The highest BCUT2D eigenvalue weighted by molar-refractivity contribution is 7.80. The van der Waals surface area contributed by atoms with Gasteiger partial charge in [-0.2, -0.15) is 5.10 Å². The first kappa shape index (κ1) is 27.9. The van der Waals surface area contributed by atoms with Gasteiger partial charge in [0.15, 0.2) is 5.69 Å². The Hall–Kier alpha value is -4.20. The predicted molar refractivity (Wildman–Crippen MR) is 152 cm³/mol. The number of rotatable bonds is 10. The van der Waals surface area contributed by atoms with Crippen LogP contribution in [0, 0.1) is 24.5 Å². The van der Waals surface area contributed by atoms with E-state index >= 15 is 0 Å². The van der Waals surface area contributed by atoms with Crippen molar-refractivity contribution in [3.63, 3.8) is 0 Å². The zero-order chi connectivity index (χ0) is 29.5. The van der Waals surface area contributed by atoms with Crippen LogP contribution in [0.5, 0.6) is 0 Å². The topological polar surface area (TPSA) is 133 Å². The van der Waals surface area contributed by atoms with Gasteiger partial charge >= 0.3 is 5.97 Å². The number of anilines is 1. The number of halogens is 2. The number of furan rings is 1. The molecule has 9 nitrogen and oxygen atoms in total. The highest BCUT2D eigenvalue weighted by atomic mass is 32.2. The van der Waals surface area contributed by atoms with E-state index in [0.29, 0.717) is 45.8 Å². The van der Waals surface area contributed by atoms with Crippen LogP contribution in [0.3, 0.4) is 0 Å². The minimum Gasteiger partial charge on any atom is -0.755 e. The number of aryl methyl sites for hydroxylation is 1. The van der Waals surface area contributed by atoms with Gasteiger partial charge in [-0.25, -0.2) is 23.2 Å². The molecule has 0 bridgehead atoms. The van der Waals surface area contributed by atoms with E-state index in [2.05, 4.69) is 4.98 Å². The van der Waals surface area contributed by atoms with Gasteiger partial charge in [0.1, 0.15) is 23.2 Å². The summed E-state index contributed by atoms with van der Waals surface area (Å²) in [4.78, 5) is 15.9. The van der Waals surface area contributed by atoms with E-state index < -0.39 is 28.9 Å². The number of nitrogens with one attached hydrogen (secondary N) is 1. The lowest BCUT2D eigenvalue weighted by Crippen LogP contribution is -2.07. The number of hydrogen-bond donors (Lipinski definition) is 2. The summed E-state index contributed by atoms with van der Waals surface area (Å²) in [5, 5.41) is 16.1. The van der Waals surface area contributed by atoms with Crippen LogP contribution in [0.1, 0.15) is 45.9 Å². The van der Waals surface area contributed by atoms with E-state index in [-0.39, 0.29) is 23.4 Å². The Morgan fingerprint density at radius 2 is 2.00 bits per heavy atom. The number of carboxylic acids is 1. The van der Waals surface area contributed by atoms with Gasteiger partial charge in [-0.1, -0.05) is 6.07 Å². The summed E-state index contributed by atoms with van der Waals surface area (Å²) >= 11 is -1.54. The number of carbonyl (C=O) groups is 1. The van der Waals surface area contributed by atoms with Crippen LogP contribution in [0.15, 0.2) is 58.3 Å². The van der Waals surface area contributed by atoms with Gasteiger partial charge in [-0.15, -0.1) is 11.3 Å². The second-order valence-corrected chi connectivity index (χ2v) is 11.6. The van der Waals surface area contributed by atoms with Crippen LogP contribution in [-0.2, 0) is 24.1 Å². The van der Waals surface area contributed by atoms with Gasteiger partial charge in [-0.05, 0) is 80.1 Å². The average molecular weight is 610 g/mol. The van der Waals surface area contributed by atoms with Crippen molar-refractivity contribution in [1.29, 1.82) is 0 Å². The molecule has 216 valence electrons. The SMILES string of the molecule is Cc1ccc(-c2cc(-c3nn(-c4nc(C(=O)O)cs4)c(CC4CC4)c3Cc3ccc(NS(=O)[O-])c(F)c3)ccc2F)o1. The van der Waals surface area contributed by atoms with Crippen LogP contribution < -0.4 is 4.72 Å². The molecule has 3 aromatic heterocycles. The number of aromatic carboxylic acids is 1. The molecule has 13 heteroatoms.